The summed E-state index contributed by atoms with van der Waals surface area (Å²) >= 11 is 0. The van der Waals surface area contributed by atoms with Crippen molar-refractivity contribution in [3.63, 3.8) is 0 Å². The van der Waals surface area contributed by atoms with E-state index < -0.39 is 11.8 Å². The molecule has 5 rings (SSSR count). The smallest absolute Gasteiger partial charge is 0.429 e. The first-order chi connectivity index (χ1) is 12.4. The molecule has 0 N–H and O–H groups in total. The van der Waals surface area contributed by atoms with Crippen molar-refractivity contribution in [1.82, 2.24) is 0 Å². The summed E-state index contributed by atoms with van der Waals surface area (Å²) in [5.41, 5.74) is -0.200. The van der Waals surface area contributed by atoms with Crippen LogP contribution in [0.2, 0.25) is 0 Å². The summed E-state index contributed by atoms with van der Waals surface area (Å²) in [6.45, 7) is 5.63. The van der Waals surface area contributed by atoms with Crippen molar-refractivity contribution in [2.45, 2.75) is 89.6 Å². The van der Waals surface area contributed by atoms with Gasteiger partial charge in [0, 0.05) is 17.8 Å². The molecule has 144 valence electrons. The fraction of sp³-hybridized carbons (Fsp3) is 0.864. The fourth-order valence-corrected chi connectivity index (χ4v) is 7.23. The molecular weight excluding hydrogens is 328 g/mol. The van der Waals surface area contributed by atoms with Crippen LogP contribution in [0.15, 0.2) is 12.2 Å². The molecule has 4 heteroatoms. The fourth-order valence-electron chi connectivity index (χ4n) is 7.23. The van der Waals surface area contributed by atoms with Crippen LogP contribution in [0.4, 0.5) is 4.79 Å². The lowest BCUT2D eigenvalue weighted by molar-refractivity contribution is -0.0623. The quantitative estimate of drug-likeness (QED) is 0.521. The van der Waals surface area contributed by atoms with Crippen LogP contribution < -0.4 is 0 Å². The van der Waals surface area contributed by atoms with Crippen LogP contribution in [0, 0.1) is 29.1 Å². The van der Waals surface area contributed by atoms with Crippen LogP contribution in [0.1, 0.15) is 65.7 Å². The Labute approximate surface area is 156 Å². The Morgan fingerprint density at radius 2 is 1.88 bits per heavy atom. The molecule has 0 aromatic rings. The molecule has 4 fully saturated rings. The molecule has 4 nitrogen and oxygen atoms in total. The van der Waals surface area contributed by atoms with Crippen LogP contribution in [0.3, 0.4) is 0 Å². The second kappa shape index (κ2) is 5.73. The third-order valence-electron chi connectivity index (χ3n) is 7.79. The monoisotopic (exact) mass is 360 g/mol. The van der Waals surface area contributed by atoms with E-state index >= 15 is 0 Å². The van der Waals surface area contributed by atoms with E-state index in [1.165, 1.54) is 38.5 Å². The lowest BCUT2D eigenvalue weighted by Crippen LogP contribution is -2.53. The van der Waals surface area contributed by atoms with Crippen LogP contribution >= 0.6 is 0 Å². The van der Waals surface area contributed by atoms with Gasteiger partial charge in [-0.3, -0.25) is 0 Å². The van der Waals surface area contributed by atoms with Gasteiger partial charge < -0.3 is 14.2 Å². The van der Waals surface area contributed by atoms with Gasteiger partial charge in [-0.05, 0) is 57.8 Å². The summed E-state index contributed by atoms with van der Waals surface area (Å²) < 4.78 is 17.7. The molecule has 2 heterocycles. The molecule has 2 saturated heterocycles. The first kappa shape index (κ1) is 17.1. The predicted molar refractivity (Wildman–Crippen MR) is 97.6 cm³/mol. The van der Waals surface area contributed by atoms with Gasteiger partial charge in [0.25, 0.3) is 0 Å². The number of ether oxygens (including phenoxy) is 3. The molecule has 2 aliphatic heterocycles. The lowest BCUT2D eigenvalue weighted by Gasteiger charge is -2.50. The second-order valence-corrected chi connectivity index (χ2v) is 10.2. The zero-order valence-electron chi connectivity index (χ0n) is 16.3. The molecule has 7 atom stereocenters. The maximum atomic E-state index is 12.2. The number of hydrogen-bond donors (Lipinski definition) is 0. The largest absolute Gasteiger partial charge is 0.509 e. The standard InChI is InChI=1S/C22H32O4/c1-21(2,3)26-20(23)24-16-12-17-22(14-7-5-4-6-8-14)15-10-9-13(11-15)18(22)19(16)25-17/h9-10,13-19H,4-8,11-12H2,1-3H3. The molecule has 0 aromatic heterocycles. The minimum Gasteiger partial charge on any atom is -0.429 e. The molecule has 0 spiro atoms. The number of fused-ring (bicyclic) bond motifs is 9. The van der Waals surface area contributed by atoms with Gasteiger partial charge in [0.05, 0.1) is 12.2 Å². The third kappa shape index (κ3) is 2.33. The highest BCUT2D eigenvalue weighted by molar-refractivity contribution is 5.61. The van der Waals surface area contributed by atoms with Gasteiger partial charge in [0.1, 0.15) is 11.7 Å². The molecular formula is C22H32O4. The minimum atomic E-state index is -0.541. The van der Waals surface area contributed by atoms with Gasteiger partial charge >= 0.3 is 6.16 Å². The van der Waals surface area contributed by atoms with Crippen molar-refractivity contribution >= 4 is 6.16 Å². The zero-order chi connectivity index (χ0) is 18.1. The van der Waals surface area contributed by atoms with Crippen LogP contribution in [-0.2, 0) is 14.2 Å². The van der Waals surface area contributed by atoms with Crippen molar-refractivity contribution < 1.29 is 19.0 Å². The van der Waals surface area contributed by atoms with Gasteiger partial charge in [0.15, 0.2) is 0 Å². The van der Waals surface area contributed by atoms with Gasteiger partial charge in [-0.15, -0.1) is 0 Å². The van der Waals surface area contributed by atoms with Gasteiger partial charge in [-0.1, -0.05) is 31.4 Å². The van der Waals surface area contributed by atoms with E-state index in [0.717, 1.165) is 12.3 Å². The SMILES string of the molecule is CC(C)(C)OC(=O)OC1CC2OC1C1C3C=CC(C3)C21C1CCCCC1. The summed E-state index contributed by atoms with van der Waals surface area (Å²) in [4.78, 5) is 12.2. The highest BCUT2D eigenvalue weighted by Crippen LogP contribution is 2.72. The maximum absolute atomic E-state index is 12.2. The van der Waals surface area contributed by atoms with E-state index in [1.807, 2.05) is 20.8 Å². The lowest BCUT2D eigenvalue weighted by atomic mass is 9.52. The van der Waals surface area contributed by atoms with Crippen LogP contribution in [0.5, 0.6) is 0 Å². The Hall–Kier alpha value is -1.03. The van der Waals surface area contributed by atoms with Crippen LogP contribution in [0.25, 0.3) is 0 Å². The van der Waals surface area contributed by atoms with Gasteiger partial charge in [-0.25, -0.2) is 4.79 Å². The summed E-state index contributed by atoms with van der Waals surface area (Å²) in [6, 6.07) is 0. The van der Waals surface area contributed by atoms with E-state index in [2.05, 4.69) is 12.2 Å². The maximum Gasteiger partial charge on any atom is 0.509 e. The number of carbonyl (C=O) groups excluding carboxylic acids is 1. The Morgan fingerprint density at radius 3 is 2.62 bits per heavy atom. The molecule has 3 aliphatic carbocycles. The van der Waals surface area contributed by atoms with Crippen molar-refractivity contribution in [3.05, 3.63) is 12.2 Å². The molecule has 0 aromatic carbocycles. The number of allylic oxidation sites excluding steroid dienone is 2. The average Bonchev–Trinajstić information content (AvgIpc) is 3.32. The molecule has 26 heavy (non-hydrogen) atoms. The molecule has 0 amide bonds. The molecule has 2 saturated carbocycles. The first-order valence-corrected chi connectivity index (χ1v) is 10.6. The third-order valence-corrected chi connectivity index (χ3v) is 7.79. The van der Waals surface area contributed by atoms with Crippen molar-refractivity contribution in [2.75, 3.05) is 0 Å². The zero-order valence-corrected chi connectivity index (χ0v) is 16.3. The highest BCUT2D eigenvalue weighted by Gasteiger charge is 2.73. The molecule has 4 bridgehead atoms. The van der Waals surface area contributed by atoms with Gasteiger partial charge in [0.2, 0.25) is 0 Å². The van der Waals surface area contributed by atoms with E-state index in [4.69, 9.17) is 14.2 Å². The van der Waals surface area contributed by atoms with E-state index in [1.54, 1.807) is 0 Å². The number of carbonyl (C=O) groups is 1. The minimum absolute atomic E-state index is 0.0643. The molecule has 7 unspecified atom stereocenters. The topological polar surface area (TPSA) is 44.8 Å². The average molecular weight is 360 g/mol. The predicted octanol–water partition coefficient (Wildman–Crippen LogP) is 4.87. The second-order valence-electron chi connectivity index (χ2n) is 10.2. The van der Waals surface area contributed by atoms with E-state index in [0.29, 0.717) is 23.2 Å². The van der Waals surface area contributed by atoms with E-state index in [-0.39, 0.29) is 18.3 Å². The Kier molecular flexibility index (Phi) is 3.77. The molecule has 0 radical (unpaired) electrons. The first-order valence-electron chi connectivity index (χ1n) is 10.6. The van der Waals surface area contributed by atoms with Gasteiger partial charge in [-0.2, -0.15) is 0 Å². The molecule has 5 aliphatic rings. The summed E-state index contributed by atoms with van der Waals surface area (Å²) in [5.74, 6) is 2.62. The summed E-state index contributed by atoms with van der Waals surface area (Å²) in [7, 11) is 0. The Morgan fingerprint density at radius 1 is 1.12 bits per heavy atom. The van der Waals surface area contributed by atoms with E-state index in [9.17, 15) is 4.79 Å². The van der Waals surface area contributed by atoms with Crippen LogP contribution in [-0.4, -0.2) is 30.1 Å². The van der Waals surface area contributed by atoms with Crippen molar-refractivity contribution in [3.8, 4) is 0 Å². The van der Waals surface area contributed by atoms with Crippen molar-refractivity contribution in [2.24, 2.45) is 29.1 Å². The highest BCUT2D eigenvalue weighted by atomic mass is 16.7. The summed E-state index contributed by atoms with van der Waals surface area (Å²) in [6.07, 6.45) is 13.5. The Bertz CT molecular complexity index is 614. The summed E-state index contributed by atoms with van der Waals surface area (Å²) in [5, 5.41) is 0. The normalized spacial score (nSPS) is 46.6. The number of hydrogen-bond acceptors (Lipinski definition) is 4. The number of rotatable bonds is 2. The van der Waals surface area contributed by atoms with Crippen molar-refractivity contribution in [1.29, 1.82) is 0 Å². The Balaban J connectivity index is 1.38.